The molecule has 0 aliphatic heterocycles. The van der Waals surface area contributed by atoms with Crippen LogP contribution in [0.3, 0.4) is 0 Å². The summed E-state index contributed by atoms with van der Waals surface area (Å²) < 4.78 is 19.1. The van der Waals surface area contributed by atoms with Crippen LogP contribution in [0.4, 0.5) is 4.39 Å². The number of hydrogen-bond acceptors (Lipinski definition) is 2. The van der Waals surface area contributed by atoms with Crippen LogP contribution in [-0.4, -0.2) is 18.3 Å². The molecule has 1 N–H and O–H groups in total. The van der Waals surface area contributed by atoms with Crippen molar-refractivity contribution in [1.29, 1.82) is 0 Å². The molecule has 0 heterocycles. The molecule has 3 heteroatoms. The lowest BCUT2D eigenvalue weighted by molar-refractivity contribution is 0.139. The van der Waals surface area contributed by atoms with Crippen molar-refractivity contribution in [2.75, 3.05) is 7.11 Å². The normalized spacial score (nSPS) is 13.7. The van der Waals surface area contributed by atoms with E-state index in [1.807, 2.05) is 37.3 Å². The van der Waals surface area contributed by atoms with E-state index in [2.05, 4.69) is 0 Å². The predicted octanol–water partition coefficient (Wildman–Crippen LogP) is 3.93. The highest BCUT2D eigenvalue weighted by Crippen LogP contribution is 2.28. The lowest BCUT2D eigenvalue weighted by Crippen LogP contribution is -2.21. The van der Waals surface area contributed by atoms with Gasteiger partial charge >= 0.3 is 0 Å². The number of aliphatic hydroxyl groups excluding tert-OH is 1. The number of benzene rings is 2. The fourth-order valence-corrected chi connectivity index (χ4v) is 2.67. The minimum atomic E-state index is -0.626. The highest BCUT2D eigenvalue weighted by molar-refractivity contribution is 5.32. The fraction of sp³-hybridized carbons (Fsp3) is 0.333. The van der Waals surface area contributed by atoms with Crippen LogP contribution >= 0.6 is 0 Å². The maximum Gasteiger partial charge on any atom is 0.168 e. The van der Waals surface area contributed by atoms with Gasteiger partial charge in [-0.3, -0.25) is 0 Å². The quantitative estimate of drug-likeness (QED) is 0.872. The van der Waals surface area contributed by atoms with Gasteiger partial charge in [-0.1, -0.05) is 49.4 Å². The summed E-state index contributed by atoms with van der Waals surface area (Å²) in [6.45, 7) is 2.03. The standard InChI is InChI=1S/C18H21FO2/c1-3-15(13-8-5-4-6-9-13)16(20)12-14-10-7-11-17(21-2)18(14)19/h4-11,15-16,20H,3,12H2,1-2H3. The SMILES string of the molecule is CCC(c1ccccc1)C(O)Cc1cccc(OC)c1F. The number of ether oxygens (including phenoxy) is 1. The summed E-state index contributed by atoms with van der Waals surface area (Å²) in [5.74, 6) is -0.175. The van der Waals surface area contributed by atoms with E-state index in [0.717, 1.165) is 12.0 Å². The Balaban J connectivity index is 2.18. The maximum absolute atomic E-state index is 14.2. The average Bonchev–Trinajstić information content (AvgIpc) is 2.51. The Morgan fingerprint density at radius 3 is 2.43 bits per heavy atom. The predicted molar refractivity (Wildman–Crippen MR) is 82.1 cm³/mol. The molecule has 0 radical (unpaired) electrons. The molecule has 0 aromatic heterocycles. The molecule has 0 saturated carbocycles. The third-order valence-corrected chi connectivity index (χ3v) is 3.82. The number of rotatable bonds is 6. The Morgan fingerprint density at radius 2 is 1.81 bits per heavy atom. The second-order valence-corrected chi connectivity index (χ2v) is 5.13. The molecule has 112 valence electrons. The molecular formula is C18H21FO2. The molecule has 2 rings (SSSR count). The van der Waals surface area contributed by atoms with Gasteiger partial charge in [0.1, 0.15) is 0 Å². The molecule has 2 nitrogen and oxygen atoms in total. The monoisotopic (exact) mass is 288 g/mol. The minimum absolute atomic E-state index is 0.00296. The van der Waals surface area contributed by atoms with Gasteiger partial charge in [0.25, 0.3) is 0 Å². The minimum Gasteiger partial charge on any atom is -0.494 e. The second-order valence-electron chi connectivity index (χ2n) is 5.13. The van der Waals surface area contributed by atoms with E-state index in [1.165, 1.54) is 7.11 Å². The summed E-state index contributed by atoms with van der Waals surface area (Å²) in [5, 5.41) is 10.5. The van der Waals surface area contributed by atoms with E-state index in [4.69, 9.17) is 4.74 Å². The van der Waals surface area contributed by atoms with E-state index in [0.29, 0.717) is 5.56 Å². The Kier molecular flexibility index (Phi) is 5.34. The van der Waals surface area contributed by atoms with Crippen molar-refractivity contribution in [1.82, 2.24) is 0 Å². The van der Waals surface area contributed by atoms with Crippen molar-refractivity contribution in [3.8, 4) is 5.75 Å². The summed E-state index contributed by atoms with van der Waals surface area (Å²) in [4.78, 5) is 0. The van der Waals surface area contributed by atoms with Crippen LogP contribution in [-0.2, 0) is 6.42 Å². The highest BCUT2D eigenvalue weighted by atomic mass is 19.1. The summed E-state index contributed by atoms with van der Waals surface area (Å²) in [5.41, 5.74) is 1.56. The first-order valence-electron chi connectivity index (χ1n) is 7.21. The van der Waals surface area contributed by atoms with Gasteiger partial charge in [-0.05, 0) is 23.6 Å². The molecule has 0 fully saturated rings. The summed E-state index contributed by atoms with van der Waals surface area (Å²) in [6, 6.07) is 14.9. The Bertz CT molecular complexity index is 569. The zero-order valence-electron chi connectivity index (χ0n) is 12.4. The highest BCUT2D eigenvalue weighted by Gasteiger charge is 2.21. The van der Waals surface area contributed by atoms with Crippen LogP contribution in [0.1, 0.15) is 30.4 Å². The van der Waals surface area contributed by atoms with E-state index in [9.17, 15) is 9.50 Å². The lowest BCUT2D eigenvalue weighted by atomic mass is 9.87. The topological polar surface area (TPSA) is 29.5 Å². The number of hydrogen-bond donors (Lipinski definition) is 1. The first-order chi connectivity index (χ1) is 10.2. The zero-order chi connectivity index (χ0) is 15.2. The molecule has 0 amide bonds. The van der Waals surface area contributed by atoms with Crippen LogP contribution in [0.25, 0.3) is 0 Å². The second kappa shape index (κ2) is 7.23. The van der Waals surface area contributed by atoms with Crippen molar-refractivity contribution in [3.63, 3.8) is 0 Å². The van der Waals surface area contributed by atoms with Crippen molar-refractivity contribution in [3.05, 3.63) is 65.5 Å². The molecule has 0 aliphatic rings. The van der Waals surface area contributed by atoms with Gasteiger partial charge in [0, 0.05) is 12.3 Å². The van der Waals surface area contributed by atoms with Crippen LogP contribution < -0.4 is 4.74 Å². The third-order valence-electron chi connectivity index (χ3n) is 3.82. The van der Waals surface area contributed by atoms with E-state index >= 15 is 0 Å². The zero-order valence-corrected chi connectivity index (χ0v) is 12.4. The molecule has 2 aromatic carbocycles. The van der Waals surface area contributed by atoms with Crippen molar-refractivity contribution < 1.29 is 14.2 Å². The molecule has 21 heavy (non-hydrogen) atoms. The van der Waals surface area contributed by atoms with Gasteiger partial charge in [-0.25, -0.2) is 4.39 Å². The molecule has 0 bridgehead atoms. The summed E-state index contributed by atoms with van der Waals surface area (Å²) in [6.07, 6.45) is 0.451. The van der Waals surface area contributed by atoms with Gasteiger partial charge in [0.15, 0.2) is 11.6 Å². The van der Waals surface area contributed by atoms with Crippen LogP contribution in [0.2, 0.25) is 0 Å². The molecule has 0 spiro atoms. The van der Waals surface area contributed by atoms with E-state index in [1.54, 1.807) is 18.2 Å². The molecular weight excluding hydrogens is 267 g/mol. The van der Waals surface area contributed by atoms with Gasteiger partial charge in [0.05, 0.1) is 13.2 Å². The molecule has 0 aliphatic carbocycles. The average molecular weight is 288 g/mol. The molecule has 2 aromatic rings. The van der Waals surface area contributed by atoms with Crippen LogP contribution in [0.15, 0.2) is 48.5 Å². The number of methoxy groups -OCH3 is 1. The number of aliphatic hydroxyl groups is 1. The lowest BCUT2D eigenvalue weighted by Gasteiger charge is -2.22. The van der Waals surface area contributed by atoms with Gasteiger partial charge in [0.2, 0.25) is 0 Å². The van der Waals surface area contributed by atoms with Crippen molar-refractivity contribution >= 4 is 0 Å². The van der Waals surface area contributed by atoms with Crippen molar-refractivity contribution in [2.24, 2.45) is 0 Å². The van der Waals surface area contributed by atoms with Gasteiger partial charge in [-0.15, -0.1) is 0 Å². The Hall–Kier alpha value is -1.87. The molecule has 2 atom stereocenters. The van der Waals surface area contributed by atoms with Gasteiger partial charge < -0.3 is 9.84 Å². The first kappa shape index (κ1) is 15.5. The summed E-state index contributed by atoms with van der Waals surface area (Å²) in [7, 11) is 1.44. The first-order valence-corrected chi connectivity index (χ1v) is 7.21. The van der Waals surface area contributed by atoms with Crippen molar-refractivity contribution in [2.45, 2.75) is 31.8 Å². The van der Waals surface area contributed by atoms with Crippen LogP contribution in [0.5, 0.6) is 5.75 Å². The van der Waals surface area contributed by atoms with Gasteiger partial charge in [-0.2, -0.15) is 0 Å². The smallest absolute Gasteiger partial charge is 0.168 e. The van der Waals surface area contributed by atoms with E-state index in [-0.39, 0.29) is 23.9 Å². The third kappa shape index (κ3) is 3.61. The molecule has 2 unspecified atom stereocenters. The Morgan fingerprint density at radius 1 is 1.10 bits per heavy atom. The maximum atomic E-state index is 14.2. The van der Waals surface area contributed by atoms with Crippen LogP contribution in [0, 0.1) is 5.82 Å². The summed E-state index contributed by atoms with van der Waals surface area (Å²) >= 11 is 0. The Labute approximate surface area is 125 Å². The number of halogens is 1. The fourth-order valence-electron chi connectivity index (χ4n) is 2.67. The molecule has 0 saturated heterocycles. The van der Waals surface area contributed by atoms with E-state index < -0.39 is 6.10 Å². The largest absolute Gasteiger partial charge is 0.494 e.